The lowest BCUT2D eigenvalue weighted by molar-refractivity contribution is -0.131. The fourth-order valence-corrected chi connectivity index (χ4v) is 2.55. The molecule has 1 aliphatic rings. The number of aliphatic hydroxyl groups is 1. The van der Waals surface area contributed by atoms with Crippen LogP contribution in [0.1, 0.15) is 39.4 Å². The number of hydrogen-bond donors (Lipinski definition) is 1. The van der Waals surface area contributed by atoms with Crippen LogP contribution in [0, 0.1) is 11.2 Å². The molecule has 1 atom stereocenters. The van der Waals surface area contributed by atoms with Crippen LogP contribution in [0.3, 0.4) is 0 Å². The Morgan fingerprint density at radius 2 is 1.89 bits per heavy atom. The van der Waals surface area contributed by atoms with Gasteiger partial charge >= 0.3 is 0 Å². The van der Waals surface area contributed by atoms with Gasteiger partial charge in [0, 0.05) is 24.2 Å². The van der Waals surface area contributed by atoms with E-state index in [2.05, 4.69) is 32.6 Å². The Morgan fingerprint density at radius 3 is 2.39 bits per heavy atom. The van der Waals surface area contributed by atoms with E-state index in [1.165, 1.54) is 6.07 Å². The number of aliphatic hydroxyl groups excluding tert-OH is 1. The van der Waals surface area contributed by atoms with Crippen LogP contribution in [0.15, 0.2) is 24.3 Å². The third-order valence-corrected chi connectivity index (χ3v) is 4.69. The third-order valence-electron chi connectivity index (χ3n) is 4.69. The van der Waals surface area contributed by atoms with E-state index < -0.39 is 6.10 Å². The molecule has 1 aliphatic heterocycles. The summed E-state index contributed by atoms with van der Waals surface area (Å²) in [7, 11) is 0. The second-order valence-corrected chi connectivity index (χ2v) is 6.36. The van der Waals surface area contributed by atoms with Gasteiger partial charge in [0.05, 0.1) is 6.10 Å². The molecule has 1 aromatic rings. The molecular weight excluding hydrogens is 229 g/mol. The monoisotopic (exact) mass is 251 g/mol. The van der Waals surface area contributed by atoms with Gasteiger partial charge in [0.25, 0.3) is 0 Å². The largest absolute Gasteiger partial charge is 0.387 e. The molecule has 2 nitrogen and oxygen atoms in total. The first-order chi connectivity index (χ1) is 8.25. The summed E-state index contributed by atoms with van der Waals surface area (Å²) in [6, 6.07) is 6.44. The van der Waals surface area contributed by atoms with Crippen molar-refractivity contribution in [2.45, 2.75) is 39.3 Å². The summed E-state index contributed by atoms with van der Waals surface area (Å²) in [6.07, 6.45) is -0.762. The van der Waals surface area contributed by atoms with Crippen LogP contribution in [-0.4, -0.2) is 28.6 Å². The highest BCUT2D eigenvalue weighted by atomic mass is 19.1. The lowest BCUT2D eigenvalue weighted by Gasteiger charge is -2.62. The lowest BCUT2D eigenvalue weighted by atomic mass is 9.65. The van der Waals surface area contributed by atoms with Crippen molar-refractivity contribution in [2.24, 2.45) is 5.41 Å². The van der Waals surface area contributed by atoms with Crippen molar-refractivity contribution >= 4 is 0 Å². The van der Waals surface area contributed by atoms with Crippen LogP contribution >= 0.6 is 0 Å². The van der Waals surface area contributed by atoms with E-state index in [4.69, 9.17) is 0 Å². The summed E-state index contributed by atoms with van der Waals surface area (Å²) in [4.78, 5) is 2.21. The molecule has 1 fully saturated rings. The van der Waals surface area contributed by atoms with E-state index in [0.29, 0.717) is 12.1 Å². The van der Waals surface area contributed by atoms with Gasteiger partial charge in [-0.1, -0.05) is 32.0 Å². The molecule has 0 saturated carbocycles. The van der Waals surface area contributed by atoms with Gasteiger partial charge in [0.1, 0.15) is 5.82 Å². The van der Waals surface area contributed by atoms with Crippen molar-refractivity contribution in [3.8, 4) is 0 Å². The van der Waals surface area contributed by atoms with Gasteiger partial charge in [-0.2, -0.15) is 0 Å². The SMILES string of the molecule is CC1(C)CN(CC(O)c2ccccc2F)C1(C)C. The van der Waals surface area contributed by atoms with Gasteiger partial charge in [-0.3, -0.25) is 4.90 Å². The summed E-state index contributed by atoms with van der Waals surface area (Å²) in [5.41, 5.74) is 0.666. The number of hydrogen-bond acceptors (Lipinski definition) is 2. The first-order valence-corrected chi connectivity index (χ1v) is 6.43. The Morgan fingerprint density at radius 1 is 1.28 bits per heavy atom. The predicted octanol–water partition coefficient (Wildman–Crippen LogP) is 2.98. The molecule has 0 aromatic heterocycles. The fraction of sp³-hybridized carbons (Fsp3) is 0.600. The van der Waals surface area contributed by atoms with E-state index in [9.17, 15) is 9.50 Å². The van der Waals surface area contributed by atoms with Crippen molar-refractivity contribution < 1.29 is 9.50 Å². The van der Waals surface area contributed by atoms with E-state index in [1.54, 1.807) is 18.2 Å². The molecule has 1 aromatic carbocycles. The van der Waals surface area contributed by atoms with Crippen molar-refractivity contribution in [2.75, 3.05) is 13.1 Å². The average Bonchev–Trinajstić information content (AvgIpc) is 2.28. The van der Waals surface area contributed by atoms with Gasteiger partial charge in [0.15, 0.2) is 0 Å². The van der Waals surface area contributed by atoms with Crippen LogP contribution in [0.5, 0.6) is 0 Å². The highest BCUT2D eigenvalue weighted by molar-refractivity contribution is 5.21. The number of β-amino-alcohol motifs (C(OH)–C–C–N with tert-alkyl or cyclic N) is 1. The van der Waals surface area contributed by atoms with Crippen LogP contribution in [0.4, 0.5) is 4.39 Å². The maximum Gasteiger partial charge on any atom is 0.129 e. The summed E-state index contributed by atoms with van der Waals surface area (Å²) >= 11 is 0. The predicted molar refractivity (Wildman–Crippen MR) is 70.8 cm³/mol. The van der Waals surface area contributed by atoms with Gasteiger partial charge in [-0.05, 0) is 25.3 Å². The first-order valence-electron chi connectivity index (χ1n) is 6.43. The van der Waals surface area contributed by atoms with Crippen molar-refractivity contribution in [3.63, 3.8) is 0 Å². The van der Waals surface area contributed by atoms with Crippen molar-refractivity contribution in [1.29, 1.82) is 0 Å². The van der Waals surface area contributed by atoms with Crippen molar-refractivity contribution in [1.82, 2.24) is 4.90 Å². The third kappa shape index (κ3) is 2.06. The summed E-state index contributed by atoms with van der Waals surface area (Å²) in [5, 5.41) is 10.2. The second kappa shape index (κ2) is 4.32. The molecular formula is C15H22FNO. The molecule has 1 N–H and O–H groups in total. The molecule has 100 valence electrons. The molecule has 1 heterocycles. The zero-order valence-electron chi connectivity index (χ0n) is 11.6. The molecule has 2 rings (SSSR count). The topological polar surface area (TPSA) is 23.5 Å². The standard InChI is InChI=1S/C15H22FNO/c1-14(2)10-17(15(14,3)4)9-13(18)11-7-5-6-8-12(11)16/h5-8,13,18H,9-10H2,1-4H3. The quantitative estimate of drug-likeness (QED) is 0.892. The zero-order chi connectivity index (χ0) is 13.6. The van der Waals surface area contributed by atoms with Crippen LogP contribution < -0.4 is 0 Å². The normalized spacial score (nSPS) is 23.4. The van der Waals surface area contributed by atoms with E-state index in [0.717, 1.165) is 6.54 Å². The summed E-state index contributed by atoms with van der Waals surface area (Å²) in [5.74, 6) is -0.331. The Balaban J connectivity index is 2.06. The number of halogens is 1. The van der Waals surface area contributed by atoms with E-state index >= 15 is 0 Å². The number of likely N-dealkylation sites (tertiary alicyclic amines) is 1. The van der Waals surface area contributed by atoms with E-state index in [1.807, 2.05) is 0 Å². The lowest BCUT2D eigenvalue weighted by Crippen LogP contribution is -2.69. The Bertz CT molecular complexity index is 442. The molecule has 0 bridgehead atoms. The highest BCUT2D eigenvalue weighted by Gasteiger charge is 2.52. The number of benzene rings is 1. The second-order valence-electron chi connectivity index (χ2n) is 6.36. The Labute approximate surface area is 108 Å². The van der Waals surface area contributed by atoms with Crippen LogP contribution in [-0.2, 0) is 0 Å². The number of nitrogens with zero attached hydrogens (tertiary/aromatic N) is 1. The molecule has 0 spiro atoms. The highest BCUT2D eigenvalue weighted by Crippen LogP contribution is 2.46. The molecule has 0 radical (unpaired) electrons. The summed E-state index contributed by atoms with van der Waals surface area (Å²) in [6.45, 7) is 10.2. The van der Waals surface area contributed by atoms with Crippen LogP contribution in [0.2, 0.25) is 0 Å². The Kier molecular flexibility index (Phi) is 3.24. The van der Waals surface area contributed by atoms with Gasteiger partial charge in [0.2, 0.25) is 0 Å². The van der Waals surface area contributed by atoms with Gasteiger partial charge in [-0.25, -0.2) is 4.39 Å². The van der Waals surface area contributed by atoms with Gasteiger partial charge in [-0.15, -0.1) is 0 Å². The molecule has 3 heteroatoms. The molecule has 0 amide bonds. The molecule has 1 unspecified atom stereocenters. The first kappa shape index (κ1) is 13.5. The minimum atomic E-state index is -0.762. The maximum atomic E-state index is 13.6. The maximum absolute atomic E-state index is 13.6. The minimum Gasteiger partial charge on any atom is -0.387 e. The smallest absolute Gasteiger partial charge is 0.129 e. The molecule has 18 heavy (non-hydrogen) atoms. The molecule has 1 saturated heterocycles. The van der Waals surface area contributed by atoms with Crippen molar-refractivity contribution in [3.05, 3.63) is 35.6 Å². The average molecular weight is 251 g/mol. The minimum absolute atomic E-state index is 0.0409. The Hall–Kier alpha value is -0.930. The molecule has 0 aliphatic carbocycles. The fourth-order valence-electron chi connectivity index (χ4n) is 2.55. The number of rotatable bonds is 3. The van der Waals surface area contributed by atoms with Gasteiger partial charge < -0.3 is 5.11 Å². The van der Waals surface area contributed by atoms with Crippen LogP contribution in [0.25, 0.3) is 0 Å². The van der Waals surface area contributed by atoms with E-state index in [-0.39, 0.29) is 16.8 Å². The summed E-state index contributed by atoms with van der Waals surface area (Å²) < 4.78 is 13.6. The zero-order valence-corrected chi connectivity index (χ0v) is 11.6.